The summed E-state index contributed by atoms with van der Waals surface area (Å²) in [5.74, 6) is 0. The lowest BCUT2D eigenvalue weighted by molar-refractivity contribution is -0.292. The molecule has 226 valence electrons. The lowest BCUT2D eigenvalue weighted by Crippen LogP contribution is -2.61. The summed E-state index contributed by atoms with van der Waals surface area (Å²) < 4.78 is 64.1. The number of anilines is 1. The van der Waals surface area contributed by atoms with Crippen LogP contribution in [0.5, 0.6) is 0 Å². The van der Waals surface area contributed by atoms with Gasteiger partial charge in [-0.25, -0.2) is 23.5 Å². The molecular formula is C18H27FN4O15P2. The molecule has 2 aliphatic heterocycles. The van der Waals surface area contributed by atoms with Crippen LogP contribution >= 0.6 is 15.6 Å². The first-order valence-corrected chi connectivity index (χ1v) is 14.4. The summed E-state index contributed by atoms with van der Waals surface area (Å²) in [6.07, 6.45) is -16.9. The molecule has 5 unspecified atom stereocenters. The summed E-state index contributed by atoms with van der Waals surface area (Å²) in [6.45, 7) is -2.02. The van der Waals surface area contributed by atoms with Crippen LogP contribution in [0.1, 0.15) is 6.23 Å². The molecule has 4 heterocycles. The Hall–Kier alpha value is -1.71. The number of ether oxygens (including phenoxy) is 2. The Kier molecular flexibility index (Phi) is 9.28. The van der Waals surface area contributed by atoms with E-state index in [0.29, 0.717) is 0 Å². The molecule has 4 rings (SSSR count). The van der Waals surface area contributed by atoms with E-state index in [9.17, 15) is 48.8 Å². The topological polar surface area (TPSA) is 299 Å². The predicted octanol–water partition coefficient (Wildman–Crippen LogP) is -2.98. The predicted molar refractivity (Wildman–Crippen MR) is 124 cm³/mol. The molecule has 2 aromatic rings. The molecule has 0 aromatic carbocycles. The highest BCUT2D eigenvalue weighted by Crippen LogP contribution is 2.61. The second-order valence-electron chi connectivity index (χ2n) is 8.84. The van der Waals surface area contributed by atoms with E-state index < -0.39 is 90.3 Å². The number of phosphoric ester groups is 2. The zero-order chi connectivity index (χ0) is 29.6. The van der Waals surface area contributed by atoms with Gasteiger partial charge in [-0.1, -0.05) is 0 Å². The molecular weight excluding hydrogens is 593 g/mol. The fourth-order valence-electron chi connectivity index (χ4n) is 4.06. The Balaban J connectivity index is 1.38. The quantitative estimate of drug-likeness (QED) is 0.120. The molecule has 10 N–H and O–H groups in total. The Bertz CT molecular complexity index is 1290. The molecule has 0 radical (unpaired) electrons. The maximum atomic E-state index is 14.9. The summed E-state index contributed by atoms with van der Waals surface area (Å²) >= 11 is 0. The van der Waals surface area contributed by atoms with Crippen molar-refractivity contribution in [3.63, 3.8) is 0 Å². The average molecular weight is 620 g/mol. The first-order valence-electron chi connectivity index (χ1n) is 11.4. The normalized spacial score (nSPS) is 36.8. The Labute approximate surface area is 223 Å². The smallest absolute Gasteiger partial charge is 0.397 e. The van der Waals surface area contributed by atoms with Gasteiger partial charge >= 0.3 is 15.6 Å². The number of aliphatic hydroxyl groups excluding tert-OH is 6. The fourth-order valence-corrected chi connectivity index (χ4v) is 6.22. The van der Waals surface area contributed by atoms with Gasteiger partial charge in [0, 0.05) is 6.20 Å². The van der Waals surface area contributed by atoms with Crippen molar-refractivity contribution in [3.8, 4) is 0 Å². The average Bonchev–Trinajstić information content (AvgIpc) is 3.43. The van der Waals surface area contributed by atoms with Gasteiger partial charge in [0.15, 0.2) is 24.3 Å². The second kappa shape index (κ2) is 11.9. The van der Waals surface area contributed by atoms with Crippen LogP contribution in [-0.4, -0.2) is 123 Å². The Morgan fingerprint density at radius 3 is 2.45 bits per heavy atom. The van der Waals surface area contributed by atoms with Crippen molar-refractivity contribution in [2.24, 2.45) is 0 Å². The second-order valence-corrected chi connectivity index (χ2v) is 11.8. The van der Waals surface area contributed by atoms with Crippen LogP contribution < -0.4 is 5.73 Å². The van der Waals surface area contributed by atoms with E-state index in [0.717, 1.165) is 10.9 Å². The minimum Gasteiger partial charge on any atom is -0.397 e. The van der Waals surface area contributed by atoms with Gasteiger partial charge in [0.05, 0.1) is 25.2 Å². The van der Waals surface area contributed by atoms with Crippen molar-refractivity contribution in [2.45, 2.75) is 61.4 Å². The van der Waals surface area contributed by atoms with Crippen LogP contribution in [0.25, 0.3) is 11.2 Å². The summed E-state index contributed by atoms with van der Waals surface area (Å²) in [5, 5.41) is 58.7. The van der Waals surface area contributed by atoms with Crippen LogP contribution in [0, 0.1) is 0 Å². The number of fused-ring (bicyclic) bond motifs is 1. The minimum atomic E-state index is -5.67. The van der Waals surface area contributed by atoms with Crippen LogP contribution in [0.15, 0.2) is 18.6 Å². The van der Waals surface area contributed by atoms with E-state index in [2.05, 4.69) is 23.3 Å². The molecule has 22 heteroatoms. The lowest BCUT2D eigenvalue weighted by Gasteiger charge is -2.41. The highest BCUT2D eigenvalue weighted by atomic mass is 31.3. The van der Waals surface area contributed by atoms with Crippen LogP contribution in [-0.2, 0) is 32.0 Å². The summed E-state index contributed by atoms with van der Waals surface area (Å²) in [4.78, 5) is 27.9. The molecule has 19 nitrogen and oxygen atoms in total. The van der Waals surface area contributed by atoms with Gasteiger partial charge < -0.3 is 55.6 Å². The van der Waals surface area contributed by atoms with E-state index in [4.69, 9.17) is 20.3 Å². The SMILES string of the molecule is Nc1ccnc2c1ncn2[C@@H]1O[C@H](COP(=O)(O)OP(=O)(O)O[C@@H]2OC([C@H](O)CO)[C@@H](O)[C@H](O)C2O)C(O)[C@@H]1F. The number of alkyl halides is 1. The Morgan fingerprint density at radius 1 is 1.07 bits per heavy atom. The lowest BCUT2D eigenvalue weighted by atomic mass is 9.96. The number of aliphatic hydroxyl groups is 6. The first kappa shape index (κ1) is 31.2. The number of nitrogens with zero attached hydrogens (tertiary/aromatic N) is 3. The van der Waals surface area contributed by atoms with Gasteiger partial charge in [0.25, 0.3) is 0 Å². The Morgan fingerprint density at radius 2 is 1.77 bits per heavy atom. The van der Waals surface area contributed by atoms with Gasteiger partial charge in [0.2, 0.25) is 0 Å². The number of halogens is 1. The van der Waals surface area contributed by atoms with Gasteiger partial charge in [-0.2, -0.15) is 4.31 Å². The van der Waals surface area contributed by atoms with Gasteiger partial charge in [0.1, 0.15) is 48.2 Å². The van der Waals surface area contributed by atoms with Crippen molar-refractivity contribution in [1.29, 1.82) is 0 Å². The number of hydrogen-bond donors (Lipinski definition) is 9. The highest BCUT2D eigenvalue weighted by Gasteiger charge is 2.51. The molecule has 0 saturated carbocycles. The third-order valence-electron chi connectivity index (χ3n) is 6.08. The van der Waals surface area contributed by atoms with Crippen molar-refractivity contribution < 1.29 is 76.8 Å². The molecule has 2 saturated heterocycles. The summed E-state index contributed by atoms with van der Waals surface area (Å²) in [5.41, 5.74) is 6.38. The van der Waals surface area contributed by atoms with E-state index >= 15 is 0 Å². The van der Waals surface area contributed by atoms with Crippen molar-refractivity contribution in [1.82, 2.24) is 14.5 Å². The zero-order valence-electron chi connectivity index (χ0n) is 20.0. The number of hydrogen-bond acceptors (Lipinski definition) is 16. The third-order valence-corrected chi connectivity index (χ3v) is 8.68. The third kappa shape index (κ3) is 6.36. The standard InChI is InChI=1S/C18H27FN4O15P2/c19-9-11(26)8(35-17(9)23-5-22-10-6(20)1-2-21-16(10)23)4-34-39(30,31)38-40(32,33)37-18-14(29)12(27)13(28)15(36-18)7(25)3-24/h1-2,5,7-9,11-15,17-18,24-29H,3-4H2,(H2,20,21)(H,30,31)(H,32,33)/t7-,8-,9+,11?,12+,13+,14?,15?,17-,18+/m1/s1. The zero-order valence-corrected chi connectivity index (χ0v) is 21.8. The van der Waals surface area contributed by atoms with Crippen LogP contribution in [0.3, 0.4) is 0 Å². The van der Waals surface area contributed by atoms with E-state index in [-0.39, 0.29) is 16.9 Å². The van der Waals surface area contributed by atoms with Crippen LogP contribution in [0.2, 0.25) is 0 Å². The molecule has 0 amide bonds. The number of pyridine rings is 1. The molecule has 0 spiro atoms. The van der Waals surface area contributed by atoms with Gasteiger partial charge in [-0.3, -0.25) is 13.6 Å². The molecule has 2 aromatic heterocycles. The molecule has 40 heavy (non-hydrogen) atoms. The number of phosphoric acid groups is 2. The number of imidazole rings is 1. The molecule has 12 atom stereocenters. The van der Waals surface area contributed by atoms with Crippen molar-refractivity contribution in [2.75, 3.05) is 18.9 Å². The molecule has 2 fully saturated rings. The number of rotatable bonds is 10. The van der Waals surface area contributed by atoms with E-state index in [1.54, 1.807) is 0 Å². The monoisotopic (exact) mass is 620 g/mol. The van der Waals surface area contributed by atoms with E-state index in [1.165, 1.54) is 12.3 Å². The molecule has 2 aliphatic rings. The first-order chi connectivity index (χ1) is 18.7. The van der Waals surface area contributed by atoms with Gasteiger partial charge in [-0.15, -0.1) is 0 Å². The molecule has 0 aliphatic carbocycles. The minimum absolute atomic E-state index is 0.120. The molecule has 0 bridgehead atoms. The highest BCUT2D eigenvalue weighted by molar-refractivity contribution is 7.61. The maximum absolute atomic E-state index is 14.9. The van der Waals surface area contributed by atoms with E-state index in [1.807, 2.05) is 0 Å². The fraction of sp³-hybridized carbons (Fsp3) is 0.667. The maximum Gasteiger partial charge on any atom is 0.483 e. The van der Waals surface area contributed by atoms with Crippen molar-refractivity contribution >= 4 is 32.5 Å². The summed E-state index contributed by atoms with van der Waals surface area (Å²) in [7, 11) is -11.2. The van der Waals surface area contributed by atoms with Crippen molar-refractivity contribution in [3.05, 3.63) is 18.6 Å². The van der Waals surface area contributed by atoms with Crippen LogP contribution in [0.4, 0.5) is 10.1 Å². The largest absolute Gasteiger partial charge is 0.483 e. The summed E-state index contributed by atoms with van der Waals surface area (Å²) in [6, 6.07) is 1.46. The van der Waals surface area contributed by atoms with Gasteiger partial charge in [-0.05, 0) is 6.07 Å². The number of nitrogen functional groups attached to an aromatic ring is 1. The number of aromatic nitrogens is 3. The number of nitrogens with two attached hydrogens (primary N) is 1.